The molecular weight excluding hydrogens is 308 g/mol. The summed E-state index contributed by atoms with van der Waals surface area (Å²) in [5, 5.41) is 20.3. The van der Waals surface area contributed by atoms with Gasteiger partial charge >= 0.3 is 0 Å². The molecule has 0 amide bonds. The fraction of sp³-hybridized carbons (Fsp3) is 0.154. The molecule has 2 aromatic rings. The van der Waals surface area contributed by atoms with E-state index in [0.29, 0.717) is 21.4 Å². The summed E-state index contributed by atoms with van der Waals surface area (Å²) >= 11 is 10.4. The second-order valence-corrected chi connectivity index (χ2v) is 5.16. The SMILES string of the molecule is CN/C=C(\S)N(C)c1nc(=N)n(C=N)c2cc(Cl)ccc12. The van der Waals surface area contributed by atoms with E-state index in [1.54, 1.807) is 37.3 Å². The van der Waals surface area contributed by atoms with Crippen LogP contribution in [0.4, 0.5) is 5.82 Å². The molecule has 0 bridgehead atoms. The van der Waals surface area contributed by atoms with Crippen molar-refractivity contribution in [2.24, 2.45) is 0 Å². The van der Waals surface area contributed by atoms with Crippen molar-refractivity contribution >= 4 is 47.3 Å². The molecule has 0 saturated heterocycles. The normalized spacial score (nSPS) is 11.5. The zero-order chi connectivity index (χ0) is 15.6. The molecule has 1 aromatic carbocycles. The zero-order valence-electron chi connectivity index (χ0n) is 11.6. The van der Waals surface area contributed by atoms with Gasteiger partial charge in [-0.25, -0.2) is 0 Å². The third-order valence-corrected chi connectivity index (χ3v) is 3.63. The van der Waals surface area contributed by atoms with Crippen molar-refractivity contribution in [3.63, 3.8) is 0 Å². The van der Waals surface area contributed by atoms with E-state index >= 15 is 0 Å². The minimum Gasteiger partial charge on any atom is -0.392 e. The van der Waals surface area contributed by atoms with Gasteiger partial charge in [-0.1, -0.05) is 11.6 Å². The van der Waals surface area contributed by atoms with Crippen LogP contribution in [-0.4, -0.2) is 30.0 Å². The van der Waals surface area contributed by atoms with Crippen molar-refractivity contribution in [1.29, 1.82) is 10.8 Å². The maximum absolute atomic E-state index is 7.97. The fourth-order valence-corrected chi connectivity index (χ4v) is 2.33. The molecule has 1 aromatic heterocycles. The van der Waals surface area contributed by atoms with E-state index in [1.807, 2.05) is 6.07 Å². The van der Waals surface area contributed by atoms with Gasteiger partial charge in [-0.15, -0.1) is 12.6 Å². The molecule has 0 atom stereocenters. The summed E-state index contributed by atoms with van der Waals surface area (Å²) in [6.07, 6.45) is 2.76. The van der Waals surface area contributed by atoms with Crippen molar-refractivity contribution in [1.82, 2.24) is 14.9 Å². The standard InChI is InChI=1S/C13H15ClN6S/c1-17-6-11(21)19(2)12-9-4-3-8(14)5-10(9)20(7-15)13(16)18-12/h3-7,15-17,21H,1-2H3/b11-6-,15-7?,16-13?. The van der Waals surface area contributed by atoms with Gasteiger partial charge in [0.2, 0.25) is 5.62 Å². The number of benzene rings is 1. The number of thiol groups is 1. The molecule has 0 fully saturated rings. The monoisotopic (exact) mass is 322 g/mol. The van der Waals surface area contributed by atoms with Crippen molar-refractivity contribution in [3.8, 4) is 0 Å². The van der Waals surface area contributed by atoms with Crippen LogP contribution in [0.2, 0.25) is 5.02 Å². The second-order valence-electron chi connectivity index (χ2n) is 4.27. The molecule has 0 aliphatic carbocycles. The van der Waals surface area contributed by atoms with E-state index in [1.165, 1.54) is 4.57 Å². The lowest BCUT2D eigenvalue weighted by Crippen LogP contribution is -2.27. The number of hydrogen-bond acceptors (Lipinski definition) is 6. The smallest absolute Gasteiger partial charge is 0.229 e. The Morgan fingerprint density at radius 2 is 2.24 bits per heavy atom. The molecule has 8 heteroatoms. The van der Waals surface area contributed by atoms with Crippen LogP contribution in [0.1, 0.15) is 0 Å². The first kappa shape index (κ1) is 15.4. The van der Waals surface area contributed by atoms with Crippen molar-refractivity contribution in [2.45, 2.75) is 0 Å². The predicted octanol–water partition coefficient (Wildman–Crippen LogP) is 2.01. The quantitative estimate of drug-likeness (QED) is 0.395. The Kier molecular flexibility index (Phi) is 4.54. The highest BCUT2D eigenvalue weighted by Gasteiger charge is 2.13. The Hall–Kier alpha value is -1.99. The molecule has 21 heavy (non-hydrogen) atoms. The summed E-state index contributed by atoms with van der Waals surface area (Å²) in [7, 11) is 3.58. The van der Waals surface area contributed by atoms with E-state index in [4.69, 9.17) is 22.4 Å². The maximum Gasteiger partial charge on any atom is 0.229 e. The Balaban J connectivity index is 2.80. The van der Waals surface area contributed by atoms with Crippen molar-refractivity contribution in [2.75, 3.05) is 19.0 Å². The van der Waals surface area contributed by atoms with Gasteiger partial charge in [-0.3, -0.25) is 15.4 Å². The van der Waals surface area contributed by atoms with Gasteiger partial charge in [-0.05, 0) is 18.2 Å². The van der Waals surface area contributed by atoms with Crippen molar-refractivity contribution in [3.05, 3.63) is 40.1 Å². The molecule has 0 spiro atoms. The number of hydrogen-bond donors (Lipinski definition) is 4. The second kappa shape index (κ2) is 6.19. The Morgan fingerprint density at radius 1 is 1.52 bits per heavy atom. The third-order valence-electron chi connectivity index (χ3n) is 2.96. The highest BCUT2D eigenvalue weighted by atomic mass is 35.5. The molecule has 0 aliphatic heterocycles. The topological polar surface area (TPSA) is 80.8 Å². The highest BCUT2D eigenvalue weighted by molar-refractivity contribution is 7.84. The van der Waals surface area contributed by atoms with E-state index in [9.17, 15) is 0 Å². The molecule has 6 nitrogen and oxygen atoms in total. The summed E-state index contributed by atoms with van der Waals surface area (Å²) in [6, 6.07) is 5.27. The van der Waals surface area contributed by atoms with Crippen LogP contribution in [-0.2, 0) is 0 Å². The summed E-state index contributed by atoms with van der Waals surface area (Å²) < 4.78 is 1.36. The minimum absolute atomic E-state index is 0.0489. The molecule has 1 heterocycles. The van der Waals surface area contributed by atoms with Gasteiger partial charge in [0.15, 0.2) is 0 Å². The van der Waals surface area contributed by atoms with Gasteiger partial charge in [0.05, 0.1) is 16.9 Å². The average Bonchev–Trinajstić information content (AvgIpc) is 2.45. The summed E-state index contributed by atoms with van der Waals surface area (Å²) in [4.78, 5) is 6.00. The minimum atomic E-state index is -0.0489. The van der Waals surface area contributed by atoms with E-state index in [-0.39, 0.29) is 5.62 Å². The lowest BCUT2D eigenvalue weighted by molar-refractivity contribution is 0.910. The first-order chi connectivity index (χ1) is 9.99. The molecular formula is C13H15ClN6S. The van der Waals surface area contributed by atoms with E-state index in [0.717, 1.165) is 11.7 Å². The molecule has 2 rings (SSSR count). The molecule has 0 unspecified atom stereocenters. The number of nitrogens with one attached hydrogen (secondary N) is 3. The van der Waals surface area contributed by atoms with Crippen LogP contribution < -0.4 is 15.8 Å². The van der Waals surface area contributed by atoms with Gasteiger partial charge in [0.25, 0.3) is 0 Å². The number of anilines is 1. The largest absolute Gasteiger partial charge is 0.392 e. The summed E-state index contributed by atoms with van der Waals surface area (Å²) in [5.41, 5.74) is 0.595. The van der Waals surface area contributed by atoms with Gasteiger partial charge in [0.1, 0.15) is 5.82 Å². The summed E-state index contributed by atoms with van der Waals surface area (Å²) in [5.74, 6) is 0.571. The third kappa shape index (κ3) is 2.88. The Labute approximate surface area is 132 Å². The van der Waals surface area contributed by atoms with Crippen LogP contribution in [0.15, 0.2) is 29.4 Å². The van der Waals surface area contributed by atoms with Crippen LogP contribution >= 0.6 is 24.2 Å². The fourth-order valence-electron chi connectivity index (χ4n) is 1.94. The molecule has 0 aliphatic rings. The van der Waals surface area contributed by atoms with Crippen LogP contribution in [0.3, 0.4) is 0 Å². The first-order valence-corrected chi connectivity index (χ1v) is 6.89. The number of nitrogens with zero attached hydrogens (tertiary/aromatic N) is 3. The van der Waals surface area contributed by atoms with Gasteiger partial charge in [-0.2, -0.15) is 4.98 Å². The highest BCUT2D eigenvalue weighted by Crippen LogP contribution is 2.27. The maximum atomic E-state index is 7.97. The predicted molar refractivity (Wildman–Crippen MR) is 89.3 cm³/mol. The van der Waals surface area contributed by atoms with Crippen LogP contribution in [0.5, 0.6) is 0 Å². The van der Waals surface area contributed by atoms with E-state index in [2.05, 4.69) is 22.9 Å². The lowest BCUT2D eigenvalue weighted by atomic mass is 10.2. The number of fused-ring (bicyclic) bond motifs is 1. The first-order valence-electron chi connectivity index (χ1n) is 6.06. The zero-order valence-corrected chi connectivity index (χ0v) is 13.2. The molecule has 3 N–H and O–H groups in total. The Bertz CT molecular complexity index is 782. The summed E-state index contributed by atoms with van der Waals surface area (Å²) in [6.45, 7) is 0. The van der Waals surface area contributed by atoms with Crippen molar-refractivity contribution < 1.29 is 0 Å². The van der Waals surface area contributed by atoms with Gasteiger partial charge in [0, 0.05) is 30.7 Å². The molecule has 110 valence electrons. The van der Waals surface area contributed by atoms with Crippen LogP contribution in [0.25, 0.3) is 10.9 Å². The lowest BCUT2D eigenvalue weighted by Gasteiger charge is -2.20. The van der Waals surface area contributed by atoms with Gasteiger partial charge < -0.3 is 10.2 Å². The number of rotatable bonds is 4. The van der Waals surface area contributed by atoms with E-state index < -0.39 is 0 Å². The molecule has 0 radical (unpaired) electrons. The average molecular weight is 323 g/mol. The number of halogens is 1. The Morgan fingerprint density at radius 3 is 2.86 bits per heavy atom. The van der Waals surface area contributed by atoms with Crippen LogP contribution in [0, 0.1) is 10.8 Å². The molecule has 0 saturated carbocycles. The number of aromatic nitrogens is 2.